The summed E-state index contributed by atoms with van der Waals surface area (Å²) in [5.41, 5.74) is 1.01. The third kappa shape index (κ3) is 2.36. The highest BCUT2D eigenvalue weighted by Gasteiger charge is 2.20. The van der Waals surface area contributed by atoms with Gasteiger partial charge in [0.1, 0.15) is 0 Å². The lowest BCUT2D eigenvalue weighted by atomic mass is 9.93. The van der Waals surface area contributed by atoms with Crippen molar-refractivity contribution >= 4 is 5.69 Å². The summed E-state index contributed by atoms with van der Waals surface area (Å²) < 4.78 is 0. The van der Waals surface area contributed by atoms with E-state index in [-0.39, 0.29) is 10.6 Å². The molecule has 0 aliphatic carbocycles. The van der Waals surface area contributed by atoms with E-state index in [9.17, 15) is 10.1 Å². The summed E-state index contributed by atoms with van der Waals surface area (Å²) in [6.45, 7) is 2.07. The number of likely N-dealkylation sites (tertiary alicyclic amines) is 1. The molecule has 0 bridgehead atoms. The van der Waals surface area contributed by atoms with Crippen molar-refractivity contribution in [3.63, 3.8) is 0 Å². The van der Waals surface area contributed by atoms with Crippen LogP contribution >= 0.6 is 0 Å². The molecule has 0 saturated carbocycles. The Bertz CT molecular complexity index is 387. The van der Waals surface area contributed by atoms with Crippen molar-refractivity contribution in [2.24, 2.45) is 0 Å². The van der Waals surface area contributed by atoms with Crippen molar-refractivity contribution in [2.45, 2.75) is 18.8 Å². The number of hydrogen-bond donors (Lipinski definition) is 0. The van der Waals surface area contributed by atoms with Crippen LogP contribution in [-0.2, 0) is 0 Å². The second-order valence-corrected chi connectivity index (χ2v) is 4.27. The van der Waals surface area contributed by atoms with Crippen LogP contribution in [0.25, 0.3) is 0 Å². The molecule has 5 heteroatoms. The van der Waals surface area contributed by atoms with Gasteiger partial charge in [-0.15, -0.1) is 0 Å². The van der Waals surface area contributed by atoms with Crippen molar-refractivity contribution in [3.05, 3.63) is 34.1 Å². The summed E-state index contributed by atoms with van der Waals surface area (Å²) >= 11 is 0. The molecule has 1 aliphatic rings. The third-order valence-corrected chi connectivity index (χ3v) is 3.11. The number of pyridine rings is 1. The maximum atomic E-state index is 10.7. The molecule has 1 saturated heterocycles. The van der Waals surface area contributed by atoms with E-state index >= 15 is 0 Å². The molecule has 0 spiro atoms. The Balaban J connectivity index is 2.14. The smallest absolute Gasteiger partial charge is 0.272 e. The van der Waals surface area contributed by atoms with E-state index in [0.29, 0.717) is 5.92 Å². The molecule has 0 atom stereocenters. The van der Waals surface area contributed by atoms with Gasteiger partial charge in [0.25, 0.3) is 5.69 Å². The Morgan fingerprint density at radius 1 is 1.50 bits per heavy atom. The zero-order chi connectivity index (χ0) is 11.5. The highest BCUT2D eigenvalue weighted by molar-refractivity contribution is 5.31. The first-order valence-electron chi connectivity index (χ1n) is 5.45. The molecule has 2 heterocycles. The maximum Gasteiger partial charge on any atom is 0.272 e. The van der Waals surface area contributed by atoms with Gasteiger partial charge in [-0.3, -0.25) is 15.1 Å². The van der Waals surface area contributed by atoms with Gasteiger partial charge in [-0.2, -0.15) is 0 Å². The standard InChI is InChI=1S/C11H15N3O2/c1-13-6-3-9(4-7-13)11-8-10(14(15)16)2-5-12-11/h2,5,8-9H,3-4,6-7H2,1H3. The summed E-state index contributed by atoms with van der Waals surface area (Å²) in [4.78, 5) is 16.8. The second kappa shape index (κ2) is 4.57. The van der Waals surface area contributed by atoms with Gasteiger partial charge in [-0.1, -0.05) is 0 Å². The number of piperidine rings is 1. The zero-order valence-electron chi connectivity index (χ0n) is 9.30. The highest BCUT2D eigenvalue weighted by atomic mass is 16.6. The fourth-order valence-corrected chi connectivity index (χ4v) is 2.08. The van der Waals surface area contributed by atoms with Crippen LogP contribution in [0.2, 0.25) is 0 Å². The van der Waals surface area contributed by atoms with Gasteiger partial charge in [0.2, 0.25) is 0 Å². The van der Waals surface area contributed by atoms with E-state index in [4.69, 9.17) is 0 Å². The lowest BCUT2D eigenvalue weighted by molar-refractivity contribution is -0.385. The first kappa shape index (κ1) is 11.0. The average Bonchev–Trinajstić information content (AvgIpc) is 2.30. The SMILES string of the molecule is CN1CCC(c2cc([N+](=O)[O-])ccn2)CC1. The van der Waals surface area contributed by atoms with Gasteiger partial charge < -0.3 is 4.90 Å². The summed E-state index contributed by atoms with van der Waals surface area (Å²) in [5, 5.41) is 10.7. The van der Waals surface area contributed by atoms with Gasteiger partial charge >= 0.3 is 0 Å². The number of aromatic nitrogens is 1. The van der Waals surface area contributed by atoms with Crippen LogP contribution in [-0.4, -0.2) is 34.9 Å². The lowest BCUT2D eigenvalue weighted by Crippen LogP contribution is -2.29. The summed E-state index contributed by atoms with van der Waals surface area (Å²) in [6, 6.07) is 3.05. The van der Waals surface area contributed by atoms with Crippen molar-refractivity contribution in [1.82, 2.24) is 9.88 Å². The quantitative estimate of drug-likeness (QED) is 0.564. The van der Waals surface area contributed by atoms with E-state index in [2.05, 4.69) is 16.9 Å². The van der Waals surface area contributed by atoms with Crippen LogP contribution in [0.1, 0.15) is 24.5 Å². The van der Waals surface area contributed by atoms with Crippen molar-refractivity contribution in [3.8, 4) is 0 Å². The molecule has 5 nitrogen and oxygen atoms in total. The predicted molar refractivity (Wildman–Crippen MR) is 60.4 cm³/mol. The molecule has 1 fully saturated rings. The highest BCUT2D eigenvalue weighted by Crippen LogP contribution is 2.27. The monoisotopic (exact) mass is 221 g/mol. The molecule has 1 aromatic heterocycles. The van der Waals surface area contributed by atoms with E-state index < -0.39 is 0 Å². The minimum absolute atomic E-state index is 0.143. The molecule has 0 N–H and O–H groups in total. The van der Waals surface area contributed by atoms with Crippen molar-refractivity contribution in [1.29, 1.82) is 0 Å². The average molecular weight is 221 g/mol. The van der Waals surface area contributed by atoms with E-state index in [1.165, 1.54) is 12.3 Å². The normalized spacial score (nSPS) is 18.6. The van der Waals surface area contributed by atoms with Crippen LogP contribution in [0.15, 0.2) is 18.3 Å². The third-order valence-electron chi connectivity index (χ3n) is 3.11. The Kier molecular flexibility index (Phi) is 3.14. The number of hydrogen-bond acceptors (Lipinski definition) is 4. The maximum absolute atomic E-state index is 10.7. The summed E-state index contributed by atoms with van der Waals surface area (Å²) in [5.74, 6) is 0.371. The molecule has 2 rings (SSSR count). The van der Waals surface area contributed by atoms with Crippen LogP contribution in [0, 0.1) is 10.1 Å². The van der Waals surface area contributed by atoms with Crippen LogP contribution in [0.5, 0.6) is 0 Å². The largest absolute Gasteiger partial charge is 0.306 e. The molecular weight excluding hydrogens is 206 g/mol. The Morgan fingerprint density at radius 3 is 2.81 bits per heavy atom. The first-order valence-corrected chi connectivity index (χ1v) is 5.45. The number of nitrogens with zero attached hydrogens (tertiary/aromatic N) is 3. The minimum Gasteiger partial charge on any atom is -0.306 e. The van der Waals surface area contributed by atoms with Crippen molar-refractivity contribution in [2.75, 3.05) is 20.1 Å². The number of rotatable bonds is 2. The van der Waals surface area contributed by atoms with Gasteiger partial charge in [0.15, 0.2) is 0 Å². The fourth-order valence-electron chi connectivity index (χ4n) is 2.08. The van der Waals surface area contributed by atoms with Crippen LogP contribution in [0.4, 0.5) is 5.69 Å². The number of nitro groups is 1. The first-order chi connectivity index (χ1) is 7.66. The van der Waals surface area contributed by atoms with Crippen LogP contribution < -0.4 is 0 Å². The summed E-state index contributed by atoms with van der Waals surface area (Å²) in [6.07, 6.45) is 3.60. The van der Waals surface area contributed by atoms with Crippen molar-refractivity contribution < 1.29 is 4.92 Å². The van der Waals surface area contributed by atoms with Crippen LogP contribution in [0.3, 0.4) is 0 Å². The minimum atomic E-state index is -0.361. The van der Waals surface area contributed by atoms with Gasteiger partial charge in [-0.05, 0) is 33.0 Å². The van der Waals surface area contributed by atoms with E-state index in [0.717, 1.165) is 31.6 Å². The molecule has 1 aromatic rings. The van der Waals surface area contributed by atoms with Gasteiger partial charge in [0.05, 0.1) is 10.6 Å². The molecule has 0 unspecified atom stereocenters. The molecule has 0 amide bonds. The van der Waals surface area contributed by atoms with Gasteiger partial charge in [0, 0.05) is 24.2 Å². The van der Waals surface area contributed by atoms with E-state index in [1.807, 2.05) is 0 Å². The van der Waals surface area contributed by atoms with E-state index in [1.54, 1.807) is 6.07 Å². The molecule has 86 valence electrons. The zero-order valence-corrected chi connectivity index (χ0v) is 9.30. The molecule has 0 radical (unpaired) electrons. The molecule has 1 aliphatic heterocycles. The topological polar surface area (TPSA) is 59.3 Å². The second-order valence-electron chi connectivity index (χ2n) is 4.27. The molecule has 16 heavy (non-hydrogen) atoms. The van der Waals surface area contributed by atoms with Gasteiger partial charge in [-0.25, -0.2) is 0 Å². The Morgan fingerprint density at radius 2 is 2.19 bits per heavy atom. The molecular formula is C11H15N3O2. The Hall–Kier alpha value is -1.49. The Labute approximate surface area is 94.2 Å². The predicted octanol–water partition coefficient (Wildman–Crippen LogP) is 1.80. The summed E-state index contributed by atoms with van der Waals surface area (Å²) in [7, 11) is 2.09. The lowest BCUT2D eigenvalue weighted by Gasteiger charge is -2.28. The fraction of sp³-hybridized carbons (Fsp3) is 0.545. The molecule has 0 aromatic carbocycles.